The van der Waals surface area contributed by atoms with Crippen LogP contribution in [0.25, 0.3) is 123 Å². The number of hydrogen-bond donors (Lipinski definition) is 0. The van der Waals surface area contributed by atoms with Crippen LogP contribution >= 0.6 is 0 Å². The summed E-state index contributed by atoms with van der Waals surface area (Å²) in [6.07, 6.45) is 0. The molecule has 0 atom stereocenters. The summed E-state index contributed by atoms with van der Waals surface area (Å²) < 4.78 is 12.8. The van der Waals surface area contributed by atoms with E-state index in [1.54, 1.807) is 0 Å². The number of furan rings is 2. The van der Waals surface area contributed by atoms with Gasteiger partial charge < -0.3 is 8.83 Å². The topological polar surface area (TPSA) is 65.0 Å². The SMILES string of the molecule is c1ccc(-c2cc(-c3cccc(-c4nc(-c5ccccc5)nc(-c5cccc6c5oc5ccccc56)n4)c3)c(-c3ccccc3)c(-c3ccc4oc5ccccc5c4c3)c2)cc1. The quantitative estimate of drug-likeness (QED) is 0.161. The Kier molecular flexibility index (Phi) is 8.42. The lowest BCUT2D eigenvalue weighted by Crippen LogP contribution is -2.00. The predicted molar refractivity (Wildman–Crippen MR) is 252 cm³/mol. The van der Waals surface area contributed by atoms with Crippen molar-refractivity contribution in [1.82, 2.24) is 15.0 Å². The van der Waals surface area contributed by atoms with Crippen molar-refractivity contribution in [2.75, 3.05) is 0 Å². The van der Waals surface area contributed by atoms with Crippen LogP contribution in [0.3, 0.4) is 0 Å². The molecule has 9 aromatic carbocycles. The van der Waals surface area contributed by atoms with E-state index in [4.69, 9.17) is 23.8 Å². The largest absolute Gasteiger partial charge is 0.456 e. The van der Waals surface area contributed by atoms with Crippen LogP contribution in [0.4, 0.5) is 0 Å². The van der Waals surface area contributed by atoms with E-state index in [-0.39, 0.29) is 0 Å². The van der Waals surface area contributed by atoms with E-state index in [0.29, 0.717) is 17.5 Å². The van der Waals surface area contributed by atoms with Gasteiger partial charge in [0.15, 0.2) is 17.5 Å². The lowest BCUT2D eigenvalue weighted by Gasteiger charge is -2.19. The number of fused-ring (bicyclic) bond motifs is 6. The molecule has 0 fully saturated rings. The van der Waals surface area contributed by atoms with E-state index in [2.05, 4.69) is 140 Å². The van der Waals surface area contributed by atoms with E-state index >= 15 is 0 Å². The van der Waals surface area contributed by atoms with Gasteiger partial charge in [-0.05, 0) is 93.0 Å². The Morgan fingerprint density at radius 2 is 0.758 bits per heavy atom. The highest BCUT2D eigenvalue weighted by atomic mass is 16.3. The van der Waals surface area contributed by atoms with Crippen LogP contribution in [0, 0.1) is 0 Å². The second kappa shape index (κ2) is 14.7. The third kappa shape index (κ3) is 6.14. The van der Waals surface area contributed by atoms with Crippen molar-refractivity contribution in [3.63, 3.8) is 0 Å². The molecule has 0 N–H and O–H groups in total. The molecule has 0 aliphatic carbocycles. The summed E-state index contributed by atoms with van der Waals surface area (Å²) in [7, 11) is 0. The molecule has 0 spiro atoms. The van der Waals surface area contributed by atoms with Crippen molar-refractivity contribution in [2.45, 2.75) is 0 Å². The van der Waals surface area contributed by atoms with Crippen molar-refractivity contribution in [3.8, 4) is 78.7 Å². The molecule has 0 amide bonds. The first kappa shape index (κ1) is 35.5. The van der Waals surface area contributed by atoms with Crippen molar-refractivity contribution in [2.24, 2.45) is 0 Å². The molecule has 62 heavy (non-hydrogen) atoms. The molecule has 0 saturated carbocycles. The van der Waals surface area contributed by atoms with E-state index in [0.717, 1.165) is 105 Å². The highest BCUT2D eigenvalue weighted by molar-refractivity contribution is 6.10. The first-order valence-electron chi connectivity index (χ1n) is 20.8. The molecule has 3 aromatic heterocycles. The summed E-state index contributed by atoms with van der Waals surface area (Å²) in [5, 5.41) is 4.26. The summed E-state index contributed by atoms with van der Waals surface area (Å²) in [5.41, 5.74) is 14.8. The van der Waals surface area contributed by atoms with Crippen LogP contribution in [-0.2, 0) is 0 Å². The van der Waals surface area contributed by atoms with Crippen LogP contribution in [0.5, 0.6) is 0 Å². The average Bonchev–Trinajstić information content (AvgIpc) is 3.93. The van der Waals surface area contributed by atoms with Crippen LogP contribution in [0.15, 0.2) is 221 Å². The number of rotatable bonds is 7. The molecule has 290 valence electrons. The van der Waals surface area contributed by atoms with Gasteiger partial charge in [0.05, 0.1) is 5.56 Å². The van der Waals surface area contributed by atoms with Crippen molar-refractivity contribution in [3.05, 3.63) is 212 Å². The van der Waals surface area contributed by atoms with Gasteiger partial charge in [0, 0.05) is 32.7 Å². The van der Waals surface area contributed by atoms with Gasteiger partial charge in [0.25, 0.3) is 0 Å². The minimum absolute atomic E-state index is 0.546. The summed E-state index contributed by atoms with van der Waals surface area (Å²) in [6.45, 7) is 0. The Bertz CT molecular complexity index is 3630. The van der Waals surface area contributed by atoms with E-state index in [1.165, 1.54) is 0 Å². The number of benzene rings is 9. The average molecular weight is 794 g/mol. The maximum atomic E-state index is 6.49. The Morgan fingerprint density at radius 3 is 1.48 bits per heavy atom. The fourth-order valence-corrected chi connectivity index (χ4v) is 8.80. The Labute approximate surface area is 357 Å². The molecule has 12 rings (SSSR count). The minimum atomic E-state index is 0.546. The first-order valence-corrected chi connectivity index (χ1v) is 20.8. The van der Waals surface area contributed by atoms with Crippen molar-refractivity contribution >= 4 is 43.9 Å². The Balaban J connectivity index is 1.09. The van der Waals surface area contributed by atoms with Gasteiger partial charge in [-0.1, -0.05) is 164 Å². The lowest BCUT2D eigenvalue weighted by molar-refractivity contribution is 0.669. The zero-order valence-electron chi connectivity index (χ0n) is 33.4. The molecule has 0 saturated heterocycles. The maximum absolute atomic E-state index is 6.49. The summed E-state index contributed by atoms with van der Waals surface area (Å²) in [6, 6.07) is 73.7. The smallest absolute Gasteiger partial charge is 0.167 e. The Morgan fingerprint density at radius 1 is 0.258 bits per heavy atom. The first-order chi connectivity index (χ1) is 30.7. The molecule has 5 nitrogen and oxygen atoms in total. The van der Waals surface area contributed by atoms with Gasteiger partial charge >= 0.3 is 0 Å². The van der Waals surface area contributed by atoms with Gasteiger partial charge in [-0.15, -0.1) is 0 Å². The van der Waals surface area contributed by atoms with Crippen LogP contribution in [-0.4, -0.2) is 15.0 Å². The van der Waals surface area contributed by atoms with Gasteiger partial charge in [-0.2, -0.15) is 0 Å². The monoisotopic (exact) mass is 793 g/mol. The third-order valence-electron chi connectivity index (χ3n) is 11.7. The fraction of sp³-hybridized carbons (Fsp3) is 0. The van der Waals surface area contributed by atoms with Gasteiger partial charge in [0.2, 0.25) is 0 Å². The number of aromatic nitrogens is 3. The van der Waals surface area contributed by atoms with Crippen molar-refractivity contribution < 1.29 is 8.83 Å². The zero-order valence-corrected chi connectivity index (χ0v) is 33.4. The molecule has 0 radical (unpaired) electrons. The maximum Gasteiger partial charge on any atom is 0.167 e. The van der Waals surface area contributed by atoms with Crippen LogP contribution in [0.2, 0.25) is 0 Å². The fourth-order valence-electron chi connectivity index (χ4n) is 8.80. The van der Waals surface area contributed by atoms with Crippen LogP contribution < -0.4 is 0 Å². The highest BCUT2D eigenvalue weighted by Crippen LogP contribution is 2.45. The molecular formula is C57H35N3O2. The normalized spacial score (nSPS) is 11.5. The minimum Gasteiger partial charge on any atom is -0.456 e. The molecule has 3 heterocycles. The second-order valence-corrected chi connectivity index (χ2v) is 15.5. The summed E-state index contributed by atoms with van der Waals surface area (Å²) >= 11 is 0. The Hall–Kier alpha value is -8.41. The van der Waals surface area contributed by atoms with Gasteiger partial charge in [-0.25, -0.2) is 15.0 Å². The highest BCUT2D eigenvalue weighted by Gasteiger charge is 2.21. The number of nitrogens with zero attached hydrogens (tertiary/aromatic N) is 3. The van der Waals surface area contributed by atoms with Crippen LogP contribution in [0.1, 0.15) is 0 Å². The predicted octanol–water partition coefficient (Wildman–Crippen LogP) is 15.3. The summed E-state index contributed by atoms with van der Waals surface area (Å²) in [4.78, 5) is 15.5. The van der Waals surface area contributed by atoms with Crippen molar-refractivity contribution in [1.29, 1.82) is 0 Å². The standard InChI is InChI=1S/C57H35N3O2/c1-4-16-36(17-5-1)42-34-47(53(37-18-6-2-7-19-37)48(35-42)40-30-31-52-49(33-40)44-25-11-12-28-50(44)61-52)39-22-14-23-41(32-39)56-58-55(38-20-8-3-9-21-38)59-57(60-56)46-27-15-26-45-43-24-10-13-29-51(43)62-54(45)46/h1-35H. The molecule has 0 unspecified atom stereocenters. The second-order valence-electron chi connectivity index (χ2n) is 15.5. The number of hydrogen-bond acceptors (Lipinski definition) is 5. The molecule has 0 bridgehead atoms. The van der Waals surface area contributed by atoms with Gasteiger partial charge in [0.1, 0.15) is 22.3 Å². The summed E-state index contributed by atoms with van der Waals surface area (Å²) in [5.74, 6) is 1.70. The molecular weight excluding hydrogens is 759 g/mol. The van der Waals surface area contributed by atoms with E-state index < -0.39 is 0 Å². The third-order valence-corrected chi connectivity index (χ3v) is 11.7. The molecule has 0 aliphatic heterocycles. The molecule has 0 aliphatic rings. The zero-order chi connectivity index (χ0) is 41.0. The number of para-hydroxylation sites is 3. The van der Waals surface area contributed by atoms with E-state index in [9.17, 15) is 0 Å². The molecule has 12 aromatic rings. The van der Waals surface area contributed by atoms with Gasteiger partial charge in [-0.3, -0.25) is 0 Å². The van der Waals surface area contributed by atoms with E-state index in [1.807, 2.05) is 72.8 Å². The lowest BCUT2D eigenvalue weighted by atomic mass is 9.84. The molecule has 5 heteroatoms.